The zero-order valence-electron chi connectivity index (χ0n) is 18.3. The summed E-state index contributed by atoms with van der Waals surface area (Å²) in [7, 11) is 4.93. The molecule has 0 saturated heterocycles. The molecule has 0 radical (unpaired) electrons. The number of hydrogen-bond acceptors (Lipinski definition) is 4. The Morgan fingerprint density at radius 3 is 2.42 bits per heavy atom. The van der Waals surface area contributed by atoms with E-state index >= 15 is 0 Å². The number of rotatable bonds is 6. The van der Waals surface area contributed by atoms with Crippen LogP contribution in [0.25, 0.3) is 22.0 Å². The Balaban J connectivity index is 0.00000272. The van der Waals surface area contributed by atoms with E-state index in [9.17, 15) is 4.79 Å². The average molecular weight is 443 g/mol. The molecule has 0 unspecified atom stereocenters. The van der Waals surface area contributed by atoms with Gasteiger partial charge in [-0.15, -0.1) is 0 Å². The molecule has 1 aliphatic rings. The zero-order chi connectivity index (χ0) is 21.3. The molecule has 1 N–H and O–H groups in total. The summed E-state index contributed by atoms with van der Waals surface area (Å²) in [6.07, 6.45) is 4.27. The second kappa shape index (κ2) is 9.43. The number of pyridine rings is 1. The molecule has 0 saturated carbocycles. The zero-order valence-corrected chi connectivity index (χ0v) is 19.0. The molecule has 0 bridgehead atoms. The van der Waals surface area contributed by atoms with E-state index in [4.69, 9.17) is 14.2 Å². The summed E-state index contributed by atoms with van der Waals surface area (Å²) in [5, 5.41) is 5.05. The molecule has 164 valence electrons. The third-order valence-corrected chi connectivity index (χ3v) is 5.60. The van der Waals surface area contributed by atoms with Gasteiger partial charge in [-0.2, -0.15) is 4.57 Å². The van der Waals surface area contributed by atoms with Gasteiger partial charge in [-0.3, -0.25) is 4.79 Å². The minimum Gasteiger partial charge on any atom is -1.00 e. The molecule has 2 heterocycles. The SMILES string of the molecule is CCCC(=O)Nc1c(OC)ccc2cc3[n+](cc12)CCc1cc(OC)c(OC)cc1-3.[Cl-]. The maximum atomic E-state index is 12.3. The number of carbonyl (C=O) groups excluding carboxylic acids is 1. The Morgan fingerprint density at radius 1 is 1.03 bits per heavy atom. The molecule has 0 atom stereocenters. The number of aryl methyl sites for hydroxylation is 2. The minimum absolute atomic E-state index is 0. The normalized spacial score (nSPS) is 11.7. The maximum absolute atomic E-state index is 12.3. The molecule has 0 spiro atoms. The molecule has 0 aliphatic carbocycles. The molecule has 31 heavy (non-hydrogen) atoms. The van der Waals surface area contributed by atoms with E-state index in [2.05, 4.69) is 28.2 Å². The van der Waals surface area contributed by atoms with Crippen molar-refractivity contribution >= 4 is 22.4 Å². The molecule has 7 heteroatoms. The van der Waals surface area contributed by atoms with Crippen LogP contribution in [0, 0.1) is 0 Å². The first-order chi connectivity index (χ1) is 14.6. The highest BCUT2D eigenvalue weighted by Gasteiger charge is 2.27. The molecule has 1 aromatic heterocycles. The molecular formula is C24H27ClN2O4. The molecule has 3 aromatic rings. The van der Waals surface area contributed by atoms with Crippen molar-refractivity contribution in [3.63, 3.8) is 0 Å². The Morgan fingerprint density at radius 2 is 1.74 bits per heavy atom. The lowest BCUT2D eigenvalue weighted by Crippen LogP contribution is -3.00. The molecule has 0 fully saturated rings. The van der Waals surface area contributed by atoms with Crippen LogP contribution in [0.1, 0.15) is 25.3 Å². The van der Waals surface area contributed by atoms with Crippen LogP contribution in [0.15, 0.2) is 36.5 Å². The van der Waals surface area contributed by atoms with E-state index in [1.54, 1.807) is 21.3 Å². The molecule has 1 amide bonds. The lowest BCUT2D eigenvalue weighted by Gasteiger charge is -2.19. The van der Waals surface area contributed by atoms with Crippen molar-refractivity contribution in [2.75, 3.05) is 26.6 Å². The standard InChI is InChI=1S/C24H26N2O4.ClH/c1-5-6-23(27)25-24-18-14-26-10-9-16-12-21(29-3)22(30-4)13-17(16)19(26)11-15(18)7-8-20(24)28-2;/h7-8,11-14H,5-6,9-10H2,1-4H3;1H. The summed E-state index contributed by atoms with van der Waals surface area (Å²) in [6.45, 7) is 2.83. The number of amides is 1. The van der Waals surface area contributed by atoms with Crippen molar-refractivity contribution in [3.05, 3.63) is 42.1 Å². The summed E-state index contributed by atoms with van der Waals surface area (Å²) in [4.78, 5) is 12.3. The number of anilines is 1. The number of methoxy groups -OCH3 is 3. The quantitative estimate of drug-likeness (QED) is 0.581. The van der Waals surface area contributed by atoms with Gasteiger partial charge in [-0.1, -0.05) is 13.0 Å². The predicted molar refractivity (Wildman–Crippen MR) is 116 cm³/mol. The van der Waals surface area contributed by atoms with E-state index < -0.39 is 0 Å². The maximum Gasteiger partial charge on any atom is 0.224 e. The number of aromatic nitrogens is 1. The molecule has 6 nitrogen and oxygen atoms in total. The minimum atomic E-state index is -0.00630. The Kier molecular flexibility index (Phi) is 6.91. The number of benzene rings is 2. The van der Waals surface area contributed by atoms with E-state index in [1.165, 1.54) is 5.56 Å². The van der Waals surface area contributed by atoms with Crippen LogP contribution >= 0.6 is 0 Å². The first-order valence-electron chi connectivity index (χ1n) is 10.2. The second-order valence-corrected chi connectivity index (χ2v) is 7.41. The van der Waals surface area contributed by atoms with Crippen LogP contribution in [-0.4, -0.2) is 27.2 Å². The lowest BCUT2D eigenvalue weighted by molar-refractivity contribution is -0.686. The van der Waals surface area contributed by atoms with Gasteiger partial charge in [0.25, 0.3) is 0 Å². The van der Waals surface area contributed by atoms with Crippen LogP contribution in [0.4, 0.5) is 5.69 Å². The fourth-order valence-corrected chi connectivity index (χ4v) is 4.09. The van der Waals surface area contributed by atoms with Crippen LogP contribution in [0.3, 0.4) is 0 Å². The average Bonchev–Trinajstić information content (AvgIpc) is 2.77. The van der Waals surface area contributed by atoms with Crippen LogP contribution in [0.2, 0.25) is 0 Å². The van der Waals surface area contributed by atoms with Gasteiger partial charge in [0.15, 0.2) is 24.2 Å². The number of halogens is 1. The Hall–Kier alpha value is -2.99. The molecular weight excluding hydrogens is 416 g/mol. The van der Waals surface area contributed by atoms with Crippen molar-refractivity contribution in [1.29, 1.82) is 0 Å². The highest BCUT2D eigenvalue weighted by molar-refractivity contribution is 6.04. The van der Waals surface area contributed by atoms with Crippen molar-refractivity contribution in [2.45, 2.75) is 32.7 Å². The number of fused-ring (bicyclic) bond motifs is 4. The first-order valence-corrected chi connectivity index (χ1v) is 10.2. The van der Waals surface area contributed by atoms with Gasteiger partial charge in [0.05, 0.1) is 38.0 Å². The number of nitrogens with one attached hydrogen (secondary N) is 1. The second-order valence-electron chi connectivity index (χ2n) is 7.41. The van der Waals surface area contributed by atoms with Gasteiger partial charge in [0, 0.05) is 18.9 Å². The molecule has 2 aromatic carbocycles. The van der Waals surface area contributed by atoms with Gasteiger partial charge in [-0.05, 0) is 35.6 Å². The highest BCUT2D eigenvalue weighted by atomic mass is 35.5. The van der Waals surface area contributed by atoms with Crippen molar-refractivity contribution in [2.24, 2.45) is 0 Å². The summed E-state index contributed by atoms with van der Waals surface area (Å²) in [5.74, 6) is 2.12. The van der Waals surface area contributed by atoms with Gasteiger partial charge >= 0.3 is 0 Å². The largest absolute Gasteiger partial charge is 1.00 e. The molecule has 4 rings (SSSR count). The van der Waals surface area contributed by atoms with Crippen LogP contribution < -0.4 is 36.5 Å². The number of hydrogen-bond donors (Lipinski definition) is 1. The van der Waals surface area contributed by atoms with E-state index in [1.807, 2.05) is 25.1 Å². The van der Waals surface area contributed by atoms with E-state index in [0.717, 1.165) is 52.9 Å². The van der Waals surface area contributed by atoms with Crippen molar-refractivity contribution < 1.29 is 36.0 Å². The van der Waals surface area contributed by atoms with Crippen molar-refractivity contribution in [3.8, 4) is 28.5 Å². The van der Waals surface area contributed by atoms with E-state index in [-0.39, 0.29) is 18.3 Å². The van der Waals surface area contributed by atoms with Crippen LogP contribution in [-0.2, 0) is 17.8 Å². The lowest BCUT2D eigenvalue weighted by atomic mass is 9.95. The number of nitrogens with zero attached hydrogens (tertiary/aromatic N) is 1. The fourth-order valence-electron chi connectivity index (χ4n) is 4.09. The van der Waals surface area contributed by atoms with Crippen molar-refractivity contribution in [1.82, 2.24) is 0 Å². The Bertz CT molecular complexity index is 1130. The first kappa shape index (κ1) is 22.7. The smallest absolute Gasteiger partial charge is 0.224 e. The van der Waals surface area contributed by atoms with Gasteiger partial charge in [-0.25, -0.2) is 0 Å². The summed E-state index contributed by atoms with van der Waals surface area (Å²) < 4.78 is 18.8. The Labute approximate surface area is 188 Å². The highest BCUT2D eigenvalue weighted by Crippen LogP contribution is 2.39. The summed E-state index contributed by atoms with van der Waals surface area (Å²) in [5.41, 5.74) is 4.20. The topological polar surface area (TPSA) is 60.7 Å². The summed E-state index contributed by atoms with van der Waals surface area (Å²) in [6, 6.07) is 10.2. The van der Waals surface area contributed by atoms with Gasteiger partial charge in [0.2, 0.25) is 11.6 Å². The molecule has 1 aliphatic heterocycles. The van der Waals surface area contributed by atoms with Gasteiger partial charge in [0.1, 0.15) is 5.75 Å². The summed E-state index contributed by atoms with van der Waals surface area (Å²) >= 11 is 0. The number of carbonyl (C=O) groups is 1. The fraction of sp³-hybridized carbons (Fsp3) is 0.333. The number of ether oxygens (including phenoxy) is 3. The predicted octanol–water partition coefficient (Wildman–Crippen LogP) is 1.12. The van der Waals surface area contributed by atoms with Crippen LogP contribution in [0.5, 0.6) is 17.2 Å². The monoisotopic (exact) mass is 442 g/mol. The van der Waals surface area contributed by atoms with Gasteiger partial charge < -0.3 is 31.9 Å². The third kappa shape index (κ3) is 4.12. The van der Waals surface area contributed by atoms with E-state index in [0.29, 0.717) is 17.9 Å². The third-order valence-electron chi connectivity index (χ3n) is 5.60.